The van der Waals surface area contributed by atoms with Gasteiger partial charge in [0.1, 0.15) is 49.0 Å². The Morgan fingerprint density at radius 3 is 1.81 bits per heavy atom. The lowest BCUT2D eigenvalue weighted by atomic mass is 9.89. The molecule has 4 rings (SSSR count). The number of urea groups is 1. The zero-order chi connectivity index (χ0) is 81.6. The van der Waals surface area contributed by atoms with E-state index in [-0.39, 0.29) is 82.2 Å². The number of aliphatic hydroxyl groups excluding tert-OH is 1. The summed E-state index contributed by atoms with van der Waals surface area (Å²) in [7, 11) is 6.08. The molecule has 10 amide bonds. The van der Waals surface area contributed by atoms with Gasteiger partial charge < -0.3 is 102 Å². The molecule has 0 saturated carbocycles. The number of primary amides is 1. The maximum Gasteiger partial charge on any atom is 0.410 e. The number of rotatable bonds is 50. The van der Waals surface area contributed by atoms with Gasteiger partial charge in [0.05, 0.1) is 102 Å². The number of aliphatic hydroxyl groups is 1. The van der Waals surface area contributed by atoms with E-state index in [4.69, 9.17) is 55.1 Å². The van der Waals surface area contributed by atoms with Gasteiger partial charge in [-0.15, -0.1) is 10.2 Å². The monoisotopic (exact) mass is 1540 g/mol. The molecule has 3 aromatic carbocycles. The first-order chi connectivity index (χ1) is 52.3. The van der Waals surface area contributed by atoms with E-state index in [1.807, 2.05) is 32.0 Å². The fourth-order valence-electron chi connectivity index (χ4n) is 12.7. The van der Waals surface area contributed by atoms with Crippen molar-refractivity contribution in [2.24, 2.45) is 57.0 Å². The number of nitrogens with two attached hydrogens (primary N) is 3. The summed E-state index contributed by atoms with van der Waals surface area (Å²) in [6, 6.07) is 15.8. The van der Waals surface area contributed by atoms with Crippen molar-refractivity contribution in [1.82, 2.24) is 41.3 Å². The Morgan fingerprint density at radius 2 is 1.25 bits per heavy atom. The number of carbonyl (C=O) groups is 9. The maximum atomic E-state index is 14.9. The van der Waals surface area contributed by atoms with Crippen LogP contribution in [0, 0.1) is 29.6 Å². The van der Waals surface area contributed by atoms with Crippen LogP contribution in [-0.2, 0) is 73.3 Å². The Labute approximate surface area is 648 Å². The normalized spacial score (nSPS) is 16.2. The lowest BCUT2D eigenvalue weighted by Crippen LogP contribution is -2.60. The summed E-state index contributed by atoms with van der Waals surface area (Å²) in [5.41, 5.74) is 18.9. The molecular formula is C78H124N14O18. The number of benzene rings is 3. The number of nitrogens with one attached hydrogen (secondary N) is 6. The van der Waals surface area contributed by atoms with Crippen LogP contribution in [0.3, 0.4) is 0 Å². The SMILES string of the molecule is CCC(C)C(C(CC(=O)N1CCCC1C(OC)C(C)C(=O)NC(C)C(O)c1ccccc1)OC)N(C)C(=O)C(NC(=O)C(C(C)C)N(C)C(=O)OCc1ccc(NC(=O)C(CCCNC(N)=O)NC(=O)C(NC(=O)CCOCCOCCOCCOCCOc2ccc(/C(N)=N/N=C(/C)N)cc2)C(C)C)cc1)C(C)C. The van der Waals surface area contributed by atoms with Crippen LogP contribution in [0.5, 0.6) is 5.75 Å². The first-order valence-corrected chi connectivity index (χ1v) is 37.9. The molecular weight excluding hydrogens is 1420 g/mol. The highest BCUT2D eigenvalue weighted by molar-refractivity contribution is 5.99. The number of likely N-dealkylation sites (tertiary alicyclic amines) is 1. The molecule has 3 aromatic rings. The molecule has 12 atom stereocenters. The molecule has 0 radical (unpaired) electrons. The van der Waals surface area contributed by atoms with Crippen LogP contribution in [0.4, 0.5) is 15.3 Å². The summed E-state index contributed by atoms with van der Waals surface area (Å²) in [5, 5.41) is 35.3. The van der Waals surface area contributed by atoms with Crippen LogP contribution in [-0.4, -0.2) is 240 Å². The maximum absolute atomic E-state index is 14.9. The van der Waals surface area contributed by atoms with Gasteiger partial charge in [0.25, 0.3) is 0 Å². The average Bonchev–Trinajstić information content (AvgIpc) is 1.30. The Morgan fingerprint density at radius 1 is 0.655 bits per heavy atom. The van der Waals surface area contributed by atoms with E-state index >= 15 is 0 Å². The summed E-state index contributed by atoms with van der Waals surface area (Å²) in [6.45, 7) is 22.5. The van der Waals surface area contributed by atoms with Crippen molar-refractivity contribution in [3.8, 4) is 5.75 Å². The lowest BCUT2D eigenvalue weighted by Gasteiger charge is -2.41. The third-order valence-electron chi connectivity index (χ3n) is 19.1. The van der Waals surface area contributed by atoms with E-state index in [1.165, 1.54) is 26.2 Å². The number of hydrogen-bond donors (Lipinski definition) is 10. The molecule has 1 aliphatic heterocycles. The number of amides is 10. The number of nitrogens with zero attached hydrogens (tertiary/aromatic N) is 5. The van der Waals surface area contributed by atoms with Gasteiger partial charge in [-0.25, -0.2) is 9.59 Å². The van der Waals surface area contributed by atoms with Gasteiger partial charge in [0, 0.05) is 59.1 Å². The first-order valence-electron chi connectivity index (χ1n) is 37.9. The number of amidine groups is 2. The predicted octanol–water partition coefficient (Wildman–Crippen LogP) is 5.12. The highest BCUT2D eigenvalue weighted by Gasteiger charge is 2.44. The van der Waals surface area contributed by atoms with Gasteiger partial charge in [0.15, 0.2) is 5.84 Å². The molecule has 32 heteroatoms. The number of hydrogen-bond acceptors (Lipinski definition) is 20. The third kappa shape index (κ3) is 31.4. The van der Waals surface area contributed by atoms with Crippen LogP contribution >= 0.6 is 0 Å². The van der Waals surface area contributed by atoms with Crippen molar-refractivity contribution in [3.05, 3.63) is 95.6 Å². The minimum absolute atomic E-state index is 0.0520. The fraction of sp³-hybridized carbons (Fsp3) is 0.628. The summed E-state index contributed by atoms with van der Waals surface area (Å²) in [5.74, 6) is -4.21. The van der Waals surface area contributed by atoms with Gasteiger partial charge in [-0.2, -0.15) is 0 Å². The largest absolute Gasteiger partial charge is 0.491 e. The Bertz CT molecular complexity index is 3380. The van der Waals surface area contributed by atoms with Crippen molar-refractivity contribution in [2.45, 2.75) is 188 Å². The smallest absolute Gasteiger partial charge is 0.410 e. The molecule has 13 N–H and O–H groups in total. The number of methoxy groups -OCH3 is 2. The Balaban J connectivity index is 1.26. The lowest BCUT2D eigenvalue weighted by molar-refractivity contribution is -0.148. The molecule has 0 spiro atoms. The molecule has 614 valence electrons. The number of ether oxygens (including phenoxy) is 8. The van der Waals surface area contributed by atoms with Crippen LogP contribution in [0.25, 0.3) is 0 Å². The molecule has 12 unspecified atom stereocenters. The number of anilines is 1. The highest BCUT2D eigenvalue weighted by atomic mass is 16.6. The van der Waals surface area contributed by atoms with E-state index in [0.717, 1.165) is 0 Å². The highest BCUT2D eigenvalue weighted by Crippen LogP contribution is 2.31. The van der Waals surface area contributed by atoms with Crippen LogP contribution in [0.1, 0.15) is 144 Å². The molecule has 110 heavy (non-hydrogen) atoms. The van der Waals surface area contributed by atoms with Crippen molar-refractivity contribution in [2.75, 3.05) is 106 Å². The van der Waals surface area contributed by atoms with Crippen molar-refractivity contribution >= 4 is 70.8 Å². The van der Waals surface area contributed by atoms with Gasteiger partial charge in [-0.05, 0) is 111 Å². The topological polar surface area (TPSA) is 432 Å². The second-order valence-corrected chi connectivity index (χ2v) is 28.6. The standard InChI is InChI=1S/C78H124N14O18/c1-16-51(8)68(62(103-14)46-64(94)92-36-21-25-61(92)70(104-15)52(9)72(96)83-53(10)69(95)56-22-18-17-19-23-56)90(12)76(100)66(49(4)5)87-75(99)67(50(6)7)91(13)78(102)110-47-55-26-30-58(31-27-55)84-73(97)60(24-20-35-82-77(81)101)85-74(98)65(48(2)3)86-63(93)34-37-105-38-39-106-40-41-107-42-43-108-44-45-109-59-32-28-57(29-33-59)71(80)89-88-54(11)79/h17-19,22-23,26-33,48-53,60-62,65-70,95H,16,20-21,24-25,34-47H2,1-15H3,(H2,79,88)(H2,80,89)(H,83,96)(H,84,97)(H,85,98)(H,86,93)(H,87,99)(H3,81,82,101). The van der Waals surface area contributed by atoms with Crippen LogP contribution < -0.4 is 53.8 Å². The average molecular weight is 1550 g/mol. The first kappa shape index (κ1) is 93.3. The number of likely N-dealkylation sites (N-methyl/N-ethyl adjacent to an activating group) is 2. The summed E-state index contributed by atoms with van der Waals surface area (Å²) in [6.07, 6.45) is -1.17. The molecule has 1 fully saturated rings. The third-order valence-corrected chi connectivity index (χ3v) is 19.1. The van der Waals surface area contributed by atoms with E-state index in [0.29, 0.717) is 99.4 Å². The molecule has 1 saturated heterocycles. The number of carbonyl (C=O) groups excluding carboxylic acids is 9. The Hall–Kier alpha value is -9.05. The Kier molecular flexibility index (Phi) is 41.8. The zero-order valence-corrected chi connectivity index (χ0v) is 67.0. The van der Waals surface area contributed by atoms with E-state index < -0.39 is 126 Å². The van der Waals surface area contributed by atoms with Crippen LogP contribution in [0.2, 0.25) is 0 Å². The molecule has 32 nitrogen and oxygen atoms in total. The van der Waals surface area contributed by atoms with Gasteiger partial charge in [-0.1, -0.05) is 111 Å². The molecule has 1 aliphatic rings. The van der Waals surface area contributed by atoms with Crippen molar-refractivity contribution in [1.29, 1.82) is 0 Å². The minimum atomic E-state index is -1.12. The molecule has 1 heterocycles. The van der Waals surface area contributed by atoms with E-state index in [1.54, 1.807) is 140 Å². The van der Waals surface area contributed by atoms with Crippen molar-refractivity contribution < 1.29 is 86.2 Å². The van der Waals surface area contributed by atoms with E-state index in [2.05, 4.69) is 42.1 Å². The fourth-order valence-corrected chi connectivity index (χ4v) is 12.7. The molecule has 0 aromatic heterocycles. The van der Waals surface area contributed by atoms with E-state index in [9.17, 15) is 48.3 Å². The van der Waals surface area contributed by atoms with Gasteiger partial charge >= 0.3 is 12.1 Å². The quantitative estimate of drug-likeness (QED) is 0.0152. The van der Waals surface area contributed by atoms with Crippen LogP contribution in [0.15, 0.2) is 89.1 Å². The second-order valence-electron chi connectivity index (χ2n) is 28.6. The second kappa shape index (κ2) is 49.3. The predicted molar refractivity (Wildman–Crippen MR) is 417 cm³/mol. The zero-order valence-electron chi connectivity index (χ0n) is 67.0. The van der Waals surface area contributed by atoms with Gasteiger partial charge in [0.2, 0.25) is 41.4 Å². The molecule has 0 bridgehead atoms. The molecule has 0 aliphatic carbocycles. The summed E-state index contributed by atoms with van der Waals surface area (Å²) in [4.78, 5) is 128. The van der Waals surface area contributed by atoms with Crippen molar-refractivity contribution in [3.63, 3.8) is 0 Å². The summed E-state index contributed by atoms with van der Waals surface area (Å²) >= 11 is 0. The van der Waals surface area contributed by atoms with Gasteiger partial charge in [-0.3, -0.25) is 38.5 Å². The summed E-state index contributed by atoms with van der Waals surface area (Å²) < 4.78 is 45.8. The minimum Gasteiger partial charge on any atom is -0.491 e.